The first-order chi connectivity index (χ1) is 6.47. The number of nitrogens with zero attached hydrogens (tertiary/aromatic N) is 3. The minimum absolute atomic E-state index is 0.0902. The molecule has 0 aliphatic carbocycles. The number of hydrogen-bond acceptors (Lipinski definition) is 3. The van der Waals surface area contributed by atoms with Crippen LogP contribution in [0, 0.1) is 0 Å². The molecule has 0 aromatic rings. The molecule has 0 saturated heterocycles. The van der Waals surface area contributed by atoms with E-state index in [-0.39, 0.29) is 11.9 Å². The van der Waals surface area contributed by atoms with Crippen molar-refractivity contribution in [3.63, 3.8) is 0 Å². The Morgan fingerprint density at radius 1 is 1.57 bits per heavy atom. The van der Waals surface area contributed by atoms with Crippen molar-refractivity contribution < 1.29 is 4.79 Å². The van der Waals surface area contributed by atoms with Crippen molar-refractivity contribution in [3.05, 3.63) is 0 Å². The molecule has 1 aliphatic heterocycles. The number of rotatable bonds is 2. The van der Waals surface area contributed by atoms with Gasteiger partial charge in [0, 0.05) is 13.1 Å². The maximum Gasteiger partial charge on any atom is 0.251 e. The first kappa shape index (κ1) is 11.1. The van der Waals surface area contributed by atoms with E-state index in [4.69, 9.17) is 0 Å². The van der Waals surface area contributed by atoms with Crippen molar-refractivity contribution in [1.29, 1.82) is 0 Å². The lowest BCUT2D eigenvalue weighted by Crippen LogP contribution is -2.44. The summed E-state index contributed by atoms with van der Waals surface area (Å²) in [7, 11) is 0. The van der Waals surface area contributed by atoms with Gasteiger partial charge in [0.15, 0.2) is 5.54 Å². The van der Waals surface area contributed by atoms with Crippen LogP contribution in [-0.2, 0) is 4.79 Å². The van der Waals surface area contributed by atoms with Crippen LogP contribution in [0.2, 0.25) is 0 Å². The van der Waals surface area contributed by atoms with Crippen LogP contribution in [0.5, 0.6) is 0 Å². The van der Waals surface area contributed by atoms with Crippen LogP contribution in [0.3, 0.4) is 0 Å². The lowest BCUT2D eigenvalue weighted by molar-refractivity contribution is -0.135. The predicted octanol–water partition coefficient (Wildman–Crippen LogP) is 1.86. The van der Waals surface area contributed by atoms with Gasteiger partial charge in [-0.1, -0.05) is 6.92 Å². The third kappa shape index (κ3) is 2.30. The van der Waals surface area contributed by atoms with Crippen LogP contribution in [0.1, 0.15) is 34.1 Å². The van der Waals surface area contributed by atoms with Crippen molar-refractivity contribution in [2.45, 2.75) is 45.7 Å². The average Bonchev–Trinajstić information content (AvgIpc) is 2.20. The first-order valence-electron chi connectivity index (χ1n) is 5.18. The van der Waals surface area contributed by atoms with Crippen LogP contribution < -0.4 is 0 Å². The topological polar surface area (TPSA) is 45.0 Å². The van der Waals surface area contributed by atoms with Crippen molar-refractivity contribution in [2.75, 3.05) is 13.1 Å². The summed E-state index contributed by atoms with van der Waals surface area (Å²) >= 11 is 0. The number of azo groups is 1. The fraction of sp³-hybridized carbons (Fsp3) is 0.900. The van der Waals surface area contributed by atoms with E-state index in [1.165, 1.54) is 0 Å². The fourth-order valence-corrected chi connectivity index (χ4v) is 1.57. The Kier molecular flexibility index (Phi) is 3.24. The van der Waals surface area contributed by atoms with Crippen molar-refractivity contribution in [3.8, 4) is 0 Å². The second-order valence-electron chi connectivity index (χ2n) is 4.37. The monoisotopic (exact) mass is 197 g/mol. The van der Waals surface area contributed by atoms with Crippen LogP contribution in [-0.4, -0.2) is 35.5 Å². The molecular weight excluding hydrogens is 178 g/mol. The van der Waals surface area contributed by atoms with Gasteiger partial charge in [-0.3, -0.25) is 4.79 Å². The Bertz CT molecular complexity index is 248. The zero-order chi connectivity index (χ0) is 10.8. The summed E-state index contributed by atoms with van der Waals surface area (Å²) in [6.07, 6.45) is 0.981. The molecule has 0 aromatic carbocycles. The van der Waals surface area contributed by atoms with Crippen LogP contribution >= 0.6 is 0 Å². The van der Waals surface area contributed by atoms with E-state index in [1.54, 1.807) is 0 Å². The van der Waals surface area contributed by atoms with Gasteiger partial charge in [-0.2, -0.15) is 10.2 Å². The zero-order valence-electron chi connectivity index (χ0n) is 9.45. The van der Waals surface area contributed by atoms with E-state index in [9.17, 15) is 4.79 Å². The summed E-state index contributed by atoms with van der Waals surface area (Å²) in [6.45, 7) is 9.20. The molecule has 0 spiro atoms. The second-order valence-corrected chi connectivity index (χ2v) is 4.37. The summed E-state index contributed by atoms with van der Waals surface area (Å²) in [5.74, 6) is 0.0902. The van der Waals surface area contributed by atoms with Gasteiger partial charge < -0.3 is 4.90 Å². The molecule has 1 unspecified atom stereocenters. The summed E-state index contributed by atoms with van der Waals surface area (Å²) < 4.78 is 0. The Labute approximate surface area is 85.4 Å². The van der Waals surface area contributed by atoms with Gasteiger partial charge in [0.2, 0.25) is 0 Å². The molecule has 0 N–H and O–H groups in total. The third-order valence-electron chi connectivity index (χ3n) is 2.29. The van der Waals surface area contributed by atoms with Crippen molar-refractivity contribution in [2.24, 2.45) is 10.2 Å². The molecule has 1 rings (SSSR count). The van der Waals surface area contributed by atoms with Crippen molar-refractivity contribution in [1.82, 2.24) is 4.90 Å². The van der Waals surface area contributed by atoms with Gasteiger partial charge >= 0.3 is 0 Å². The number of hydrogen-bond donors (Lipinski definition) is 0. The summed E-state index contributed by atoms with van der Waals surface area (Å²) in [5.41, 5.74) is -0.681. The Balaban J connectivity index is 2.84. The number of amides is 1. The molecule has 14 heavy (non-hydrogen) atoms. The standard InChI is InChI=1S/C10H19N3O/c1-5-6-13-7-8(2)11-12-10(3,4)9(13)14/h8H,5-7H2,1-4H3. The highest BCUT2D eigenvalue weighted by molar-refractivity contribution is 5.85. The Hall–Kier alpha value is -0.930. The van der Waals surface area contributed by atoms with Crippen LogP contribution in [0.4, 0.5) is 0 Å². The molecule has 1 amide bonds. The Morgan fingerprint density at radius 2 is 2.21 bits per heavy atom. The lowest BCUT2D eigenvalue weighted by atomic mass is 10.1. The van der Waals surface area contributed by atoms with Gasteiger partial charge in [0.25, 0.3) is 5.91 Å². The molecule has 1 aliphatic rings. The highest BCUT2D eigenvalue weighted by Gasteiger charge is 2.34. The quantitative estimate of drug-likeness (QED) is 0.666. The lowest BCUT2D eigenvalue weighted by Gasteiger charge is -2.26. The van der Waals surface area contributed by atoms with E-state index >= 15 is 0 Å². The molecule has 1 atom stereocenters. The minimum atomic E-state index is -0.681. The van der Waals surface area contributed by atoms with Crippen LogP contribution in [0.15, 0.2) is 10.2 Å². The average molecular weight is 197 g/mol. The summed E-state index contributed by atoms with van der Waals surface area (Å²) in [4.78, 5) is 13.8. The summed E-state index contributed by atoms with van der Waals surface area (Å²) in [6, 6.07) is 0.118. The number of carbonyl (C=O) groups excluding carboxylic acids is 1. The van der Waals surface area contributed by atoms with Crippen molar-refractivity contribution >= 4 is 5.91 Å². The van der Waals surface area contributed by atoms with Crippen LogP contribution in [0.25, 0.3) is 0 Å². The predicted molar refractivity (Wildman–Crippen MR) is 55.3 cm³/mol. The molecular formula is C10H19N3O. The SMILES string of the molecule is CCCN1CC(C)N=NC(C)(C)C1=O. The second kappa shape index (κ2) is 4.07. The largest absolute Gasteiger partial charge is 0.338 e. The highest BCUT2D eigenvalue weighted by atomic mass is 16.2. The molecule has 0 saturated carbocycles. The molecule has 4 heteroatoms. The Morgan fingerprint density at radius 3 is 2.79 bits per heavy atom. The normalized spacial score (nSPS) is 26.4. The molecule has 0 bridgehead atoms. The molecule has 80 valence electrons. The summed E-state index contributed by atoms with van der Waals surface area (Å²) in [5, 5.41) is 8.21. The minimum Gasteiger partial charge on any atom is -0.338 e. The zero-order valence-corrected chi connectivity index (χ0v) is 9.45. The first-order valence-corrected chi connectivity index (χ1v) is 5.18. The smallest absolute Gasteiger partial charge is 0.251 e. The molecule has 0 radical (unpaired) electrons. The van der Waals surface area contributed by atoms with Gasteiger partial charge in [0.05, 0.1) is 6.04 Å². The molecule has 0 fully saturated rings. The molecule has 4 nitrogen and oxygen atoms in total. The van der Waals surface area contributed by atoms with Gasteiger partial charge in [-0.05, 0) is 27.2 Å². The maximum absolute atomic E-state index is 12.0. The molecule has 0 aromatic heterocycles. The van der Waals surface area contributed by atoms with Gasteiger partial charge in [-0.15, -0.1) is 0 Å². The maximum atomic E-state index is 12.0. The number of carbonyl (C=O) groups is 1. The van der Waals surface area contributed by atoms with E-state index in [1.807, 2.05) is 25.7 Å². The van der Waals surface area contributed by atoms with E-state index < -0.39 is 5.54 Å². The molecule has 1 heterocycles. The van der Waals surface area contributed by atoms with E-state index in [2.05, 4.69) is 17.2 Å². The third-order valence-corrected chi connectivity index (χ3v) is 2.29. The fourth-order valence-electron chi connectivity index (χ4n) is 1.57. The van der Waals surface area contributed by atoms with Gasteiger partial charge in [0.1, 0.15) is 0 Å². The highest BCUT2D eigenvalue weighted by Crippen LogP contribution is 2.19. The van der Waals surface area contributed by atoms with E-state index in [0.717, 1.165) is 13.0 Å². The van der Waals surface area contributed by atoms with Gasteiger partial charge in [-0.25, -0.2) is 0 Å². The van der Waals surface area contributed by atoms with E-state index in [0.29, 0.717) is 6.54 Å².